The molecular weight excluding hydrogens is 758 g/mol. The van der Waals surface area contributed by atoms with Gasteiger partial charge in [-0.1, -0.05) is 108 Å². The van der Waals surface area contributed by atoms with Gasteiger partial charge in [-0.25, -0.2) is 4.98 Å². The first-order valence-corrected chi connectivity index (χ1v) is 19.9. The predicted octanol–water partition coefficient (Wildman–Crippen LogP) is 6.27. The van der Waals surface area contributed by atoms with E-state index in [1.165, 1.54) is 30.2 Å². The van der Waals surface area contributed by atoms with Crippen molar-refractivity contribution in [3.63, 3.8) is 0 Å². The number of hydrogen-bond acceptors (Lipinski definition) is 11. The molecule has 2 amide bonds. The van der Waals surface area contributed by atoms with E-state index in [0.29, 0.717) is 16.6 Å². The van der Waals surface area contributed by atoms with Crippen molar-refractivity contribution < 1.29 is 28.7 Å². The molecule has 2 aliphatic heterocycles. The minimum atomic E-state index is -1.10. The van der Waals surface area contributed by atoms with Crippen molar-refractivity contribution in [3.8, 4) is 5.75 Å². The van der Waals surface area contributed by atoms with Gasteiger partial charge in [0.1, 0.15) is 47.5 Å². The summed E-state index contributed by atoms with van der Waals surface area (Å²) in [6.07, 6.45) is 0. The van der Waals surface area contributed by atoms with Crippen LogP contribution in [0.15, 0.2) is 126 Å². The monoisotopic (exact) mass is 795 g/mol. The van der Waals surface area contributed by atoms with Crippen LogP contribution in [0, 0.1) is 5.41 Å². The van der Waals surface area contributed by atoms with Crippen molar-refractivity contribution in [2.45, 2.75) is 23.6 Å². The number of thiazole rings is 1. The normalized spacial score (nSPS) is 19.4. The smallest absolute Gasteiger partial charge is 0.316 e. The molecule has 2 unspecified atom stereocenters. The number of alkyl halides is 1. The molecule has 2 aliphatic rings. The van der Waals surface area contributed by atoms with Gasteiger partial charge >= 0.3 is 5.97 Å². The molecule has 1 aromatic heterocycles. The number of rotatable bonds is 14. The summed E-state index contributed by atoms with van der Waals surface area (Å²) in [7, 11) is 2.92. The van der Waals surface area contributed by atoms with Gasteiger partial charge in [0.25, 0.3) is 5.91 Å². The number of ether oxygens (including phenoxy) is 2. The molecule has 0 spiro atoms. The van der Waals surface area contributed by atoms with Crippen LogP contribution >= 0.6 is 34.7 Å². The SMILES string of the molecule is CON=C(C(=O)NC1C(=O)N2CC(CCl)(C(=O)OCc3ccc(OC)cc3)CS[C@H]12)c1csc(NC(c2ccccc2)(c2ccccc2)c2ccccc2)n1. The van der Waals surface area contributed by atoms with E-state index < -0.39 is 34.2 Å². The standard InChI is InChI=1S/C41H38ClN5O6S2/c1-51-31-20-18-27(19-21-31)22-53-38(50)40(24-42)25-47-36(49)34(37(47)55-26-40)44-35(48)33(46-52-2)32-23-54-39(43-32)45-41(28-12-6-3-7-13-28,29-14-8-4-9-15-29)30-16-10-5-11-17-30/h3-21,23,34,37H,22,24-26H2,1-2H3,(H,43,45)(H,44,48)/t34?,37-,40?/m1/s1. The topological polar surface area (TPSA) is 131 Å². The minimum Gasteiger partial charge on any atom is -0.497 e. The first-order chi connectivity index (χ1) is 26.8. The van der Waals surface area contributed by atoms with Gasteiger partial charge in [0.05, 0.1) is 7.11 Å². The van der Waals surface area contributed by atoms with Crippen molar-refractivity contribution in [2.24, 2.45) is 10.6 Å². The highest BCUT2D eigenvalue weighted by molar-refractivity contribution is 8.00. The van der Waals surface area contributed by atoms with Gasteiger partial charge in [-0.2, -0.15) is 0 Å². The molecule has 55 heavy (non-hydrogen) atoms. The minimum absolute atomic E-state index is 0.0279. The van der Waals surface area contributed by atoms with Crippen LogP contribution in [0.1, 0.15) is 27.9 Å². The zero-order valence-electron chi connectivity index (χ0n) is 30.0. The molecule has 0 radical (unpaired) electrons. The second-order valence-electron chi connectivity index (χ2n) is 13.1. The van der Waals surface area contributed by atoms with Crippen LogP contribution in [0.25, 0.3) is 0 Å². The van der Waals surface area contributed by atoms with E-state index in [1.807, 2.05) is 66.7 Å². The van der Waals surface area contributed by atoms with Crippen molar-refractivity contribution in [2.75, 3.05) is 37.7 Å². The Hall–Kier alpha value is -5.37. The summed E-state index contributed by atoms with van der Waals surface area (Å²) >= 11 is 9.06. The predicted molar refractivity (Wildman–Crippen MR) is 214 cm³/mol. The molecule has 7 rings (SSSR count). The van der Waals surface area contributed by atoms with Crippen LogP contribution in [-0.2, 0) is 36.1 Å². The first kappa shape index (κ1) is 37.9. The average Bonchev–Trinajstić information content (AvgIpc) is 3.71. The number of oxime groups is 1. The number of aromatic nitrogens is 1. The lowest BCUT2D eigenvalue weighted by atomic mass is 9.77. The van der Waals surface area contributed by atoms with Crippen LogP contribution in [-0.4, -0.2) is 77.2 Å². The van der Waals surface area contributed by atoms with Gasteiger partial charge in [0.15, 0.2) is 10.8 Å². The second-order valence-corrected chi connectivity index (χ2v) is 15.3. The Morgan fingerprint density at radius 2 is 1.53 bits per heavy atom. The molecule has 11 nitrogen and oxygen atoms in total. The molecular formula is C41H38ClN5O6S2. The van der Waals surface area contributed by atoms with Gasteiger partial charge in [-0.15, -0.1) is 34.7 Å². The Morgan fingerprint density at radius 3 is 2.07 bits per heavy atom. The van der Waals surface area contributed by atoms with E-state index >= 15 is 0 Å². The molecule has 0 saturated carbocycles. The third-order valence-corrected chi connectivity index (χ3v) is 12.6. The summed E-state index contributed by atoms with van der Waals surface area (Å²) in [6, 6.07) is 36.7. The Bertz CT molecular complexity index is 2060. The molecule has 5 aromatic rings. The van der Waals surface area contributed by atoms with Crippen molar-refractivity contribution in [1.82, 2.24) is 15.2 Å². The number of carbonyl (C=O) groups is 3. The summed E-state index contributed by atoms with van der Waals surface area (Å²) in [5, 5.41) is 12.4. The maximum absolute atomic E-state index is 13.8. The van der Waals surface area contributed by atoms with E-state index in [9.17, 15) is 14.4 Å². The number of nitrogens with one attached hydrogen (secondary N) is 2. The number of β-lactam (4-membered cyclic amide) rings is 1. The maximum atomic E-state index is 13.8. The van der Waals surface area contributed by atoms with Gasteiger partial charge < -0.3 is 29.8 Å². The highest BCUT2D eigenvalue weighted by Crippen LogP contribution is 2.44. The molecule has 4 aromatic carbocycles. The summed E-state index contributed by atoms with van der Waals surface area (Å²) < 4.78 is 10.8. The molecule has 2 fully saturated rings. The number of anilines is 1. The fourth-order valence-electron chi connectivity index (χ4n) is 6.80. The summed E-state index contributed by atoms with van der Waals surface area (Å²) in [4.78, 5) is 52.1. The highest BCUT2D eigenvalue weighted by Gasteiger charge is 2.58. The Balaban J connectivity index is 1.06. The Morgan fingerprint density at radius 1 is 0.927 bits per heavy atom. The third-order valence-electron chi connectivity index (χ3n) is 9.71. The second kappa shape index (κ2) is 16.6. The van der Waals surface area contributed by atoms with Gasteiger partial charge in [0, 0.05) is 23.6 Å². The zero-order valence-corrected chi connectivity index (χ0v) is 32.4. The first-order valence-electron chi connectivity index (χ1n) is 17.4. The molecule has 282 valence electrons. The van der Waals surface area contributed by atoms with E-state index in [2.05, 4.69) is 52.2 Å². The molecule has 2 N–H and O–H groups in total. The van der Waals surface area contributed by atoms with E-state index in [1.54, 1.807) is 29.5 Å². The number of methoxy groups -OCH3 is 1. The van der Waals surface area contributed by atoms with Crippen LogP contribution in [0.5, 0.6) is 5.75 Å². The Kier molecular flexibility index (Phi) is 11.4. The molecule has 0 aliphatic carbocycles. The van der Waals surface area contributed by atoms with Crippen LogP contribution in [0.3, 0.4) is 0 Å². The third kappa shape index (κ3) is 7.51. The lowest BCUT2D eigenvalue weighted by Crippen LogP contribution is -2.74. The quantitative estimate of drug-likeness (QED) is 0.0333. The van der Waals surface area contributed by atoms with Crippen molar-refractivity contribution >= 4 is 63.3 Å². The largest absolute Gasteiger partial charge is 0.497 e. The Labute approximate surface area is 332 Å². The fraction of sp³-hybridized carbons (Fsp3) is 0.244. The number of carbonyl (C=O) groups excluding carboxylic acids is 3. The zero-order chi connectivity index (χ0) is 38.4. The van der Waals surface area contributed by atoms with Gasteiger partial charge in [-0.3, -0.25) is 14.4 Å². The number of halogens is 1. The van der Waals surface area contributed by atoms with E-state index in [4.69, 9.17) is 30.9 Å². The number of esters is 1. The van der Waals surface area contributed by atoms with Crippen LogP contribution < -0.4 is 15.4 Å². The van der Waals surface area contributed by atoms with E-state index in [0.717, 1.165) is 22.3 Å². The average molecular weight is 796 g/mol. The number of fused-ring (bicyclic) bond motifs is 1. The summed E-state index contributed by atoms with van der Waals surface area (Å²) in [6.45, 7) is 0.135. The number of amides is 2. The van der Waals surface area contributed by atoms with Crippen LogP contribution in [0.2, 0.25) is 0 Å². The molecule has 2 saturated heterocycles. The lowest BCUT2D eigenvalue weighted by molar-refractivity contribution is -0.162. The van der Waals surface area contributed by atoms with Crippen LogP contribution in [0.4, 0.5) is 5.13 Å². The number of benzene rings is 4. The van der Waals surface area contributed by atoms with Gasteiger partial charge in [0.2, 0.25) is 5.91 Å². The number of nitrogens with zero attached hydrogens (tertiary/aromatic N) is 3. The molecule has 3 atom stereocenters. The lowest BCUT2D eigenvalue weighted by Gasteiger charge is -2.53. The summed E-state index contributed by atoms with van der Waals surface area (Å²) in [5.41, 5.74) is 2.04. The van der Waals surface area contributed by atoms with Gasteiger partial charge in [-0.05, 0) is 34.4 Å². The molecule has 0 bridgehead atoms. The van der Waals surface area contributed by atoms with E-state index in [-0.39, 0.29) is 36.3 Å². The highest BCUT2D eigenvalue weighted by atomic mass is 35.5. The maximum Gasteiger partial charge on any atom is 0.316 e. The van der Waals surface area contributed by atoms with Crippen molar-refractivity contribution in [1.29, 1.82) is 0 Å². The number of thioether (sulfide) groups is 1. The molecule has 14 heteroatoms. The number of hydrogen-bond donors (Lipinski definition) is 2. The summed E-state index contributed by atoms with van der Waals surface area (Å²) in [5.74, 6) is -0.459. The molecule has 3 heterocycles. The van der Waals surface area contributed by atoms with Crippen molar-refractivity contribution in [3.05, 3.63) is 149 Å². The fourth-order valence-corrected chi connectivity index (χ4v) is 9.48.